The van der Waals surface area contributed by atoms with Crippen LogP contribution in [0.2, 0.25) is 0 Å². The van der Waals surface area contributed by atoms with E-state index in [2.05, 4.69) is 19.2 Å². The van der Waals surface area contributed by atoms with Crippen molar-refractivity contribution in [2.45, 2.75) is 32.9 Å². The highest BCUT2D eigenvalue weighted by Crippen LogP contribution is 2.27. The van der Waals surface area contributed by atoms with Gasteiger partial charge in [-0.25, -0.2) is 13.2 Å². The maximum atomic E-state index is 13.9. The summed E-state index contributed by atoms with van der Waals surface area (Å²) in [6.07, 6.45) is 0. The van der Waals surface area contributed by atoms with Gasteiger partial charge in [0.05, 0.1) is 5.69 Å². The molecule has 1 saturated heterocycles. The van der Waals surface area contributed by atoms with Gasteiger partial charge < -0.3 is 10.2 Å². The SMILES string of the molecule is CC(C)C1CN(c2ccc(F)c(F)c2F)C(C)CN1. The van der Waals surface area contributed by atoms with Crippen molar-refractivity contribution in [3.05, 3.63) is 29.6 Å². The van der Waals surface area contributed by atoms with Crippen LogP contribution in [-0.4, -0.2) is 25.2 Å². The molecule has 5 heteroatoms. The lowest BCUT2D eigenvalue weighted by atomic mass is 9.99. The smallest absolute Gasteiger partial charge is 0.196 e. The van der Waals surface area contributed by atoms with E-state index in [1.807, 2.05) is 6.92 Å². The van der Waals surface area contributed by atoms with Gasteiger partial charge in [0.15, 0.2) is 17.5 Å². The van der Waals surface area contributed by atoms with Crippen LogP contribution < -0.4 is 10.2 Å². The third-order valence-electron chi connectivity index (χ3n) is 3.73. The highest BCUT2D eigenvalue weighted by molar-refractivity contribution is 5.50. The van der Waals surface area contributed by atoms with Crippen molar-refractivity contribution in [1.82, 2.24) is 5.32 Å². The van der Waals surface area contributed by atoms with Crippen LogP contribution in [0, 0.1) is 23.4 Å². The highest BCUT2D eigenvalue weighted by Gasteiger charge is 2.29. The van der Waals surface area contributed by atoms with Crippen molar-refractivity contribution < 1.29 is 13.2 Å². The number of piperazine rings is 1. The predicted molar refractivity (Wildman–Crippen MR) is 69.8 cm³/mol. The topological polar surface area (TPSA) is 15.3 Å². The first-order chi connectivity index (χ1) is 8.91. The molecule has 1 aliphatic heterocycles. The van der Waals surface area contributed by atoms with E-state index in [4.69, 9.17) is 0 Å². The molecule has 2 nitrogen and oxygen atoms in total. The summed E-state index contributed by atoms with van der Waals surface area (Å²) in [6, 6.07) is 2.54. The van der Waals surface area contributed by atoms with Gasteiger partial charge in [-0.1, -0.05) is 13.8 Å². The standard InChI is InChI=1S/C14H19F3N2/c1-8(2)11-7-19(9(3)6-18-11)12-5-4-10(15)13(16)14(12)17/h4-5,8-9,11,18H,6-7H2,1-3H3. The number of anilines is 1. The summed E-state index contributed by atoms with van der Waals surface area (Å²) in [4.78, 5) is 1.80. The molecule has 0 aliphatic carbocycles. The van der Waals surface area contributed by atoms with Crippen LogP contribution in [0.15, 0.2) is 12.1 Å². The molecule has 0 aromatic heterocycles. The lowest BCUT2D eigenvalue weighted by Gasteiger charge is -2.42. The van der Waals surface area contributed by atoms with E-state index < -0.39 is 17.5 Å². The molecule has 1 fully saturated rings. The third kappa shape index (κ3) is 2.71. The third-order valence-corrected chi connectivity index (χ3v) is 3.73. The quantitative estimate of drug-likeness (QED) is 0.833. The predicted octanol–water partition coefficient (Wildman–Crippen LogP) is 2.93. The first-order valence-corrected chi connectivity index (χ1v) is 6.55. The molecule has 0 spiro atoms. The van der Waals surface area contributed by atoms with Gasteiger partial charge >= 0.3 is 0 Å². The van der Waals surface area contributed by atoms with Crippen molar-refractivity contribution in [2.24, 2.45) is 5.92 Å². The van der Waals surface area contributed by atoms with Crippen LogP contribution in [0.5, 0.6) is 0 Å². The van der Waals surface area contributed by atoms with E-state index in [0.717, 1.165) is 6.07 Å². The van der Waals surface area contributed by atoms with Crippen LogP contribution in [0.4, 0.5) is 18.9 Å². The van der Waals surface area contributed by atoms with E-state index in [1.54, 1.807) is 4.90 Å². The molecule has 0 saturated carbocycles. The molecule has 1 aromatic carbocycles. The second kappa shape index (κ2) is 5.41. The van der Waals surface area contributed by atoms with Crippen molar-refractivity contribution in [1.29, 1.82) is 0 Å². The molecular weight excluding hydrogens is 253 g/mol. The minimum Gasteiger partial charge on any atom is -0.364 e. The molecule has 2 atom stereocenters. The monoisotopic (exact) mass is 272 g/mol. The summed E-state index contributed by atoms with van der Waals surface area (Å²) < 4.78 is 40.2. The van der Waals surface area contributed by atoms with E-state index in [-0.39, 0.29) is 17.8 Å². The Hall–Kier alpha value is -1.23. The molecular formula is C14H19F3N2. The molecule has 0 bridgehead atoms. The fourth-order valence-electron chi connectivity index (χ4n) is 2.41. The minimum absolute atomic E-state index is 0.0364. The van der Waals surface area contributed by atoms with Crippen molar-refractivity contribution in [3.63, 3.8) is 0 Å². The van der Waals surface area contributed by atoms with Gasteiger partial charge in [0, 0.05) is 25.2 Å². The Morgan fingerprint density at radius 2 is 1.89 bits per heavy atom. The van der Waals surface area contributed by atoms with Gasteiger partial charge in [-0.2, -0.15) is 0 Å². The summed E-state index contributed by atoms with van der Waals surface area (Å²) in [6.45, 7) is 7.37. The minimum atomic E-state index is -1.40. The summed E-state index contributed by atoms with van der Waals surface area (Å²) in [5.41, 5.74) is 0.138. The molecule has 2 unspecified atom stereocenters. The fourth-order valence-corrected chi connectivity index (χ4v) is 2.41. The lowest BCUT2D eigenvalue weighted by molar-refractivity contribution is 0.333. The van der Waals surface area contributed by atoms with Gasteiger partial charge in [0.1, 0.15) is 0 Å². The van der Waals surface area contributed by atoms with E-state index in [1.165, 1.54) is 6.07 Å². The van der Waals surface area contributed by atoms with Gasteiger partial charge in [0.25, 0.3) is 0 Å². The first-order valence-electron chi connectivity index (χ1n) is 6.55. The van der Waals surface area contributed by atoms with Gasteiger partial charge in [-0.3, -0.25) is 0 Å². The van der Waals surface area contributed by atoms with Crippen LogP contribution in [0.25, 0.3) is 0 Å². The molecule has 2 rings (SSSR count). The number of benzene rings is 1. The van der Waals surface area contributed by atoms with E-state index in [0.29, 0.717) is 19.0 Å². The van der Waals surface area contributed by atoms with Gasteiger partial charge in [-0.15, -0.1) is 0 Å². The number of nitrogens with one attached hydrogen (secondary N) is 1. The Balaban J connectivity index is 2.31. The molecule has 1 N–H and O–H groups in total. The van der Waals surface area contributed by atoms with Crippen LogP contribution in [-0.2, 0) is 0 Å². The maximum absolute atomic E-state index is 13.9. The van der Waals surface area contributed by atoms with Crippen LogP contribution in [0.1, 0.15) is 20.8 Å². The Labute approximate surface area is 111 Å². The van der Waals surface area contributed by atoms with Crippen LogP contribution in [0.3, 0.4) is 0 Å². The zero-order chi connectivity index (χ0) is 14.2. The maximum Gasteiger partial charge on any atom is 0.196 e. The van der Waals surface area contributed by atoms with Gasteiger partial charge in [-0.05, 0) is 25.0 Å². The molecule has 106 valence electrons. The second-order valence-electron chi connectivity index (χ2n) is 5.45. The molecule has 0 amide bonds. The molecule has 1 heterocycles. The molecule has 1 aromatic rings. The van der Waals surface area contributed by atoms with Crippen LogP contribution >= 0.6 is 0 Å². The summed E-state index contributed by atoms with van der Waals surface area (Å²) in [5, 5.41) is 3.38. The lowest BCUT2D eigenvalue weighted by Crippen LogP contribution is -2.57. The number of hydrogen-bond donors (Lipinski definition) is 1. The van der Waals surface area contributed by atoms with Gasteiger partial charge in [0.2, 0.25) is 0 Å². The number of nitrogens with zero attached hydrogens (tertiary/aromatic N) is 1. The number of hydrogen-bond acceptors (Lipinski definition) is 2. The molecule has 1 aliphatic rings. The zero-order valence-electron chi connectivity index (χ0n) is 11.4. The average molecular weight is 272 g/mol. The molecule has 0 radical (unpaired) electrons. The Bertz CT molecular complexity index is 462. The Kier molecular flexibility index (Phi) is 4.04. The molecule has 19 heavy (non-hydrogen) atoms. The number of halogens is 3. The normalized spacial score (nSPS) is 24.1. The summed E-state index contributed by atoms with van der Waals surface area (Å²) >= 11 is 0. The van der Waals surface area contributed by atoms with Crippen molar-refractivity contribution >= 4 is 5.69 Å². The van der Waals surface area contributed by atoms with E-state index in [9.17, 15) is 13.2 Å². The summed E-state index contributed by atoms with van der Waals surface area (Å²) in [7, 11) is 0. The van der Waals surface area contributed by atoms with Crippen molar-refractivity contribution in [3.8, 4) is 0 Å². The second-order valence-corrected chi connectivity index (χ2v) is 5.45. The Morgan fingerprint density at radius 1 is 1.21 bits per heavy atom. The van der Waals surface area contributed by atoms with Crippen molar-refractivity contribution in [2.75, 3.05) is 18.0 Å². The number of rotatable bonds is 2. The Morgan fingerprint density at radius 3 is 2.53 bits per heavy atom. The highest BCUT2D eigenvalue weighted by atomic mass is 19.2. The average Bonchev–Trinajstić information content (AvgIpc) is 2.37. The first kappa shape index (κ1) is 14.2. The summed E-state index contributed by atoms with van der Waals surface area (Å²) in [5.74, 6) is -3.26. The zero-order valence-corrected chi connectivity index (χ0v) is 11.4. The van der Waals surface area contributed by atoms with E-state index >= 15 is 0 Å². The fraction of sp³-hybridized carbons (Fsp3) is 0.571. The largest absolute Gasteiger partial charge is 0.364 e.